The van der Waals surface area contributed by atoms with Crippen molar-refractivity contribution in [1.29, 1.82) is 0 Å². The summed E-state index contributed by atoms with van der Waals surface area (Å²) in [4.78, 5) is 4.18. The van der Waals surface area contributed by atoms with Crippen LogP contribution in [0.5, 0.6) is 0 Å². The van der Waals surface area contributed by atoms with Crippen LogP contribution in [0.3, 0.4) is 0 Å². The molecule has 1 aliphatic heterocycles. The van der Waals surface area contributed by atoms with E-state index in [1.807, 2.05) is 6.20 Å². The Hall–Kier alpha value is -0.110. The molecule has 0 unspecified atom stereocenters. The Labute approximate surface area is 64.0 Å². The highest BCUT2D eigenvalue weighted by molar-refractivity contribution is 9.18. The molecule has 0 N–H and O–H groups in total. The Balaban J connectivity index is 2.63. The maximum Gasteiger partial charge on any atom is 0.0829 e. The van der Waals surface area contributed by atoms with Crippen molar-refractivity contribution in [2.24, 2.45) is 4.99 Å². The van der Waals surface area contributed by atoms with Gasteiger partial charge in [0.05, 0.1) is 4.62 Å². The molecule has 0 spiro atoms. The summed E-state index contributed by atoms with van der Waals surface area (Å²) in [5, 5.41) is 0. The first-order chi connectivity index (χ1) is 4.29. The van der Waals surface area contributed by atoms with Crippen LogP contribution in [0.25, 0.3) is 0 Å². The van der Waals surface area contributed by atoms with Crippen LogP contribution < -0.4 is 0 Å². The predicted octanol–water partition coefficient (Wildman–Crippen LogP) is 2.87. The van der Waals surface area contributed by atoms with E-state index in [1.165, 1.54) is 18.4 Å². The van der Waals surface area contributed by atoms with Gasteiger partial charge in [-0.15, -0.1) is 0 Å². The van der Waals surface area contributed by atoms with E-state index >= 15 is 0 Å². The predicted molar refractivity (Wildman–Crippen MR) is 44.0 cm³/mol. The van der Waals surface area contributed by atoms with E-state index in [9.17, 15) is 0 Å². The van der Waals surface area contributed by atoms with Crippen molar-refractivity contribution in [1.82, 2.24) is 0 Å². The average Bonchev–Trinajstić information content (AvgIpc) is 1.97. The maximum absolute atomic E-state index is 4.18. The number of nitrogens with zero attached hydrogens (tertiary/aromatic N) is 1. The van der Waals surface area contributed by atoms with Crippen LogP contribution in [-0.2, 0) is 0 Å². The van der Waals surface area contributed by atoms with E-state index in [-0.39, 0.29) is 0 Å². The van der Waals surface area contributed by atoms with E-state index < -0.39 is 0 Å². The zero-order valence-corrected chi connectivity index (χ0v) is 7.11. The Morgan fingerprint density at radius 3 is 3.11 bits per heavy atom. The third-order valence-corrected chi connectivity index (χ3v) is 1.98. The van der Waals surface area contributed by atoms with E-state index in [0.717, 1.165) is 11.0 Å². The minimum Gasteiger partial charge on any atom is -0.254 e. The zero-order chi connectivity index (χ0) is 6.69. The highest BCUT2D eigenvalue weighted by atomic mass is 79.9. The molecular weight excluding hydrogens is 178 g/mol. The lowest BCUT2D eigenvalue weighted by Crippen LogP contribution is -1.81. The minimum absolute atomic E-state index is 1.08. The van der Waals surface area contributed by atoms with Crippen LogP contribution in [0.4, 0.5) is 0 Å². The number of aliphatic imine (C=N–C) groups is 1. The van der Waals surface area contributed by atoms with Crippen LogP contribution >= 0.6 is 15.9 Å². The van der Waals surface area contributed by atoms with Crippen molar-refractivity contribution in [2.45, 2.75) is 26.2 Å². The molecule has 0 fully saturated rings. The van der Waals surface area contributed by atoms with E-state index in [4.69, 9.17) is 0 Å². The van der Waals surface area contributed by atoms with Gasteiger partial charge in [-0.1, -0.05) is 5.57 Å². The fraction of sp³-hybridized carbons (Fsp3) is 0.571. The monoisotopic (exact) mass is 187 g/mol. The van der Waals surface area contributed by atoms with Crippen molar-refractivity contribution >= 4 is 20.6 Å². The standard InChI is InChI=1S/C7H10BrN/c1-6-3-2-4-7(8)9-5-6/h5H,2-4H2,1H3. The van der Waals surface area contributed by atoms with Gasteiger partial charge in [0.2, 0.25) is 0 Å². The summed E-state index contributed by atoms with van der Waals surface area (Å²) in [5.41, 5.74) is 1.38. The molecule has 1 nitrogen and oxygen atoms in total. The van der Waals surface area contributed by atoms with Crippen LogP contribution in [0.2, 0.25) is 0 Å². The molecule has 0 radical (unpaired) electrons. The smallest absolute Gasteiger partial charge is 0.0829 e. The molecule has 0 aromatic carbocycles. The van der Waals surface area contributed by atoms with Crippen LogP contribution in [-0.4, -0.2) is 4.62 Å². The largest absolute Gasteiger partial charge is 0.254 e. The molecule has 1 heterocycles. The molecule has 2 heteroatoms. The highest BCUT2D eigenvalue weighted by Gasteiger charge is 1.98. The summed E-state index contributed by atoms with van der Waals surface area (Å²) >= 11 is 3.37. The summed E-state index contributed by atoms with van der Waals surface area (Å²) in [6.45, 7) is 2.12. The first-order valence-corrected chi connectivity index (χ1v) is 3.96. The van der Waals surface area contributed by atoms with Crippen LogP contribution in [0, 0.1) is 0 Å². The molecule has 50 valence electrons. The van der Waals surface area contributed by atoms with E-state index in [1.54, 1.807) is 0 Å². The molecular formula is C7H10BrN. The molecule has 1 aliphatic rings. The van der Waals surface area contributed by atoms with Crippen molar-refractivity contribution < 1.29 is 0 Å². The van der Waals surface area contributed by atoms with Gasteiger partial charge >= 0.3 is 0 Å². The molecule has 0 atom stereocenters. The third-order valence-electron chi connectivity index (χ3n) is 1.38. The van der Waals surface area contributed by atoms with Crippen LogP contribution in [0.1, 0.15) is 26.2 Å². The summed E-state index contributed by atoms with van der Waals surface area (Å²) in [7, 11) is 0. The van der Waals surface area contributed by atoms with Crippen LogP contribution in [0.15, 0.2) is 16.8 Å². The lowest BCUT2D eigenvalue weighted by atomic mass is 10.2. The van der Waals surface area contributed by atoms with Gasteiger partial charge in [-0.3, -0.25) is 4.99 Å². The van der Waals surface area contributed by atoms with Gasteiger partial charge in [0.1, 0.15) is 0 Å². The quantitative estimate of drug-likeness (QED) is 0.554. The molecule has 9 heavy (non-hydrogen) atoms. The normalized spacial score (nSPS) is 20.2. The Morgan fingerprint density at radius 1 is 1.56 bits per heavy atom. The second-order valence-corrected chi connectivity index (χ2v) is 3.25. The van der Waals surface area contributed by atoms with Gasteiger partial charge in [0, 0.05) is 6.20 Å². The maximum atomic E-state index is 4.18. The van der Waals surface area contributed by atoms with Crippen molar-refractivity contribution in [3.63, 3.8) is 0 Å². The van der Waals surface area contributed by atoms with Gasteiger partial charge in [0.25, 0.3) is 0 Å². The Kier molecular flexibility index (Phi) is 2.46. The second kappa shape index (κ2) is 3.16. The van der Waals surface area contributed by atoms with E-state index in [0.29, 0.717) is 0 Å². The molecule has 0 aromatic heterocycles. The molecule has 0 saturated heterocycles. The third kappa shape index (κ3) is 2.31. The average molecular weight is 188 g/mol. The van der Waals surface area contributed by atoms with Crippen molar-refractivity contribution in [3.8, 4) is 0 Å². The van der Waals surface area contributed by atoms with Gasteiger partial charge in [0.15, 0.2) is 0 Å². The van der Waals surface area contributed by atoms with Crippen molar-refractivity contribution in [3.05, 3.63) is 11.8 Å². The fourth-order valence-electron chi connectivity index (χ4n) is 0.822. The molecule has 0 saturated carbocycles. The topological polar surface area (TPSA) is 12.4 Å². The van der Waals surface area contributed by atoms with Gasteiger partial charge in [-0.25, -0.2) is 0 Å². The van der Waals surface area contributed by atoms with Crippen molar-refractivity contribution in [2.75, 3.05) is 0 Å². The fourth-order valence-corrected chi connectivity index (χ4v) is 1.21. The number of halogens is 1. The SMILES string of the molecule is CC1=CN=C(Br)CCC1. The summed E-state index contributed by atoms with van der Waals surface area (Å²) in [5.74, 6) is 0. The minimum atomic E-state index is 1.08. The molecule has 0 aromatic rings. The first-order valence-electron chi connectivity index (χ1n) is 3.17. The van der Waals surface area contributed by atoms with Gasteiger partial charge in [-0.05, 0) is 42.1 Å². The summed E-state index contributed by atoms with van der Waals surface area (Å²) < 4.78 is 1.08. The Morgan fingerprint density at radius 2 is 2.33 bits per heavy atom. The molecule has 0 bridgehead atoms. The molecule has 0 amide bonds. The molecule has 1 rings (SSSR count). The molecule has 0 aliphatic carbocycles. The lowest BCUT2D eigenvalue weighted by molar-refractivity contribution is 0.868. The number of rotatable bonds is 0. The van der Waals surface area contributed by atoms with Gasteiger partial charge in [-0.2, -0.15) is 0 Å². The lowest BCUT2D eigenvalue weighted by Gasteiger charge is -1.91. The second-order valence-electron chi connectivity index (χ2n) is 2.33. The summed E-state index contributed by atoms with van der Waals surface area (Å²) in [6, 6.07) is 0. The van der Waals surface area contributed by atoms with E-state index in [2.05, 4.69) is 27.8 Å². The first kappa shape index (κ1) is 7.00. The number of allylic oxidation sites excluding steroid dienone is 1. The Bertz CT molecular complexity index is 140. The number of hydrogen-bond acceptors (Lipinski definition) is 1. The zero-order valence-electron chi connectivity index (χ0n) is 5.52. The summed E-state index contributed by atoms with van der Waals surface area (Å²) in [6.07, 6.45) is 5.45. The van der Waals surface area contributed by atoms with Gasteiger partial charge < -0.3 is 0 Å². The number of hydrogen-bond donors (Lipinski definition) is 0. The highest BCUT2D eigenvalue weighted by Crippen LogP contribution is 2.14.